The molecule has 0 atom stereocenters. The molecule has 0 N–H and O–H groups in total. The number of halogens is 1. The first-order valence-corrected chi connectivity index (χ1v) is 3.33. The van der Waals surface area contributed by atoms with E-state index in [2.05, 4.69) is 20.9 Å². The van der Waals surface area contributed by atoms with Gasteiger partial charge in [-0.15, -0.1) is 0 Å². The van der Waals surface area contributed by atoms with Crippen LogP contribution in [0, 0.1) is 13.8 Å². The second-order valence-corrected chi connectivity index (χ2v) is 2.63. The number of hydrogen-bond acceptors (Lipinski definition) is 1. The predicted octanol–water partition coefficient (Wildman–Crippen LogP) is 2.46. The molecule has 0 saturated carbocycles. The van der Waals surface area contributed by atoms with Crippen molar-refractivity contribution in [2.45, 2.75) is 13.8 Å². The van der Waals surface area contributed by atoms with Crippen LogP contribution < -0.4 is 0 Å². The smallest absolute Gasteiger partial charge is 0.106 e. The number of aromatic nitrogens is 1. The molecule has 0 aliphatic carbocycles. The summed E-state index contributed by atoms with van der Waals surface area (Å²) < 4.78 is 22.1. The molecule has 0 radical (unpaired) electrons. The molecule has 0 saturated heterocycles. The van der Waals surface area contributed by atoms with E-state index in [0.29, 0.717) is 10.2 Å². The van der Waals surface area contributed by atoms with Gasteiger partial charge in [0.1, 0.15) is 4.60 Å². The maximum Gasteiger partial charge on any atom is 0.106 e. The third-order valence-corrected chi connectivity index (χ3v) is 1.51. The largest absolute Gasteiger partial charge is 0.249 e. The molecule has 0 spiro atoms. The molecule has 0 aliphatic rings. The first kappa shape index (κ1) is 3.71. The zero-order valence-corrected chi connectivity index (χ0v) is 6.57. The van der Waals surface area contributed by atoms with Crippen LogP contribution in [0.4, 0.5) is 0 Å². The normalized spacial score (nSPS) is 16.0. The molecule has 1 aromatic heterocycles. The van der Waals surface area contributed by atoms with Crippen LogP contribution in [-0.4, -0.2) is 4.98 Å². The van der Waals surface area contributed by atoms with E-state index < -0.39 is 6.85 Å². The van der Waals surface area contributed by atoms with Crippen LogP contribution in [0.5, 0.6) is 0 Å². The molecule has 1 rings (SSSR count). The number of nitrogens with zero attached hydrogens (tertiary/aromatic N) is 1. The highest BCUT2D eigenvalue weighted by Gasteiger charge is 1.91. The Hall–Kier alpha value is -0.370. The number of aryl methyl sites for hydroxylation is 2. The van der Waals surface area contributed by atoms with E-state index in [0.717, 1.165) is 5.56 Å². The van der Waals surface area contributed by atoms with Crippen LogP contribution in [0.3, 0.4) is 0 Å². The molecule has 1 aromatic rings. The van der Waals surface area contributed by atoms with Crippen molar-refractivity contribution < 1.29 is 4.11 Å². The van der Waals surface area contributed by atoms with Crippen molar-refractivity contribution in [1.82, 2.24) is 4.98 Å². The van der Waals surface area contributed by atoms with Gasteiger partial charge in [-0.1, -0.05) is 0 Å². The van der Waals surface area contributed by atoms with Crippen LogP contribution in [0.25, 0.3) is 0 Å². The minimum Gasteiger partial charge on any atom is -0.249 e. The lowest BCUT2D eigenvalue weighted by atomic mass is 10.2. The number of pyridine rings is 1. The SMILES string of the molecule is [2H]C([2H])([2H])c1cnc(Br)cc1C. The zero-order valence-electron chi connectivity index (χ0n) is 7.98. The van der Waals surface area contributed by atoms with Gasteiger partial charge >= 0.3 is 0 Å². The molecule has 0 unspecified atom stereocenters. The van der Waals surface area contributed by atoms with E-state index in [4.69, 9.17) is 4.11 Å². The summed E-state index contributed by atoms with van der Waals surface area (Å²) in [5.74, 6) is 0. The van der Waals surface area contributed by atoms with Crippen molar-refractivity contribution in [2.24, 2.45) is 0 Å². The minimum atomic E-state index is -2.06. The van der Waals surface area contributed by atoms with Crippen molar-refractivity contribution in [3.05, 3.63) is 28.0 Å². The summed E-state index contributed by atoms with van der Waals surface area (Å²) in [6, 6.07) is 1.70. The monoisotopic (exact) mass is 188 g/mol. The van der Waals surface area contributed by atoms with E-state index in [1.807, 2.05) is 0 Å². The van der Waals surface area contributed by atoms with Gasteiger partial charge < -0.3 is 0 Å². The van der Waals surface area contributed by atoms with E-state index in [1.165, 1.54) is 6.20 Å². The maximum atomic E-state index is 7.16. The second kappa shape index (κ2) is 2.48. The van der Waals surface area contributed by atoms with E-state index in [1.54, 1.807) is 13.0 Å². The van der Waals surface area contributed by atoms with Gasteiger partial charge in [0.25, 0.3) is 0 Å². The number of hydrogen-bond donors (Lipinski definition) is 0. The van der Waals surface area contributed by atoms with Crippen LogP contribution in [0.2, 0.25) is 0 Å². The Morgan fingerprint density at radius 3 is 3.00 bits per heavy atom. The second-order valence-electron chi connectivity index (χ2n) is 1.82. The quantitative estimate of drug-likeness (QED) is 0.571. The lowest BCUT2D eigenvalue weighted by molar-refractivity contribution is 1.18. The van der Waals surface area contributed by atoms with Gasteiger partial charge in [-0.05, 0) is 46.9 Å². The zero-order chi connectivity index (χ0) is 9.35. The van der Waals surface area contributed by atoms with Crippen LogP contribution >= 0.6 is 15.9 Å². The van der Waals surface area contributed by atoms with Crippen molar-refractivity contribution >= 4 is 15.9 Å². The van der Waals surface area contributed by atoms with Gasteiger partial charge in [0, 0.05) is 10.3 Å². The van der Waals surface area contributed by atoms with Crippen molar-refractivity contribution in [3.8, 4) is 0 Å². The minimum absolute atomic E-state index is 0.311. The summed E-state index contributed by atoms with van der Waals surface area (Å²) >= 11 is 3.17. The van der Waals surface area contributed by atoms with E-state index >= 15 is 0 Å². The van der Waals surface area contributed by atoms with Crippen molar-refractivity contribution in [2.75, 3.05) is 0 Å². The average molecular weight is 189 g/mol. The molecule has 9 heavy (non-hydrogen) atoms. The maximum absolute atomic E-state index is 7.16. The van der Waals surface area contributed by atoms with Crippen LogP contribution in [0.15, 0.2) is 16.9 Å². The predicted molar refractivity (Wildman–Crippen MR) is 41.4 cm³/mol. The van der Waals surface area contributed by atoms with E-state index in [9.17, 15) is 0 Å². The first-order chi connectivity index (χ1) is 5.41. The molecule has 1 nitrogen and oxygen atoms in total. The van der Waals surface area contributed by atoms with Gasteiger partial charge in [-0.3, -0.25) is 0 Å². The highest BCUT2D eigenvalue weighted by atomic mass is 79.9. The molecule has 1 heterocycles. The van der Waals surface area contributed by atoms with Crippen LogP contribution in [-0.2, 0) is 0 Å². The molecule has 0 fully saturated rings. The molecular formula is C7H8BrN. The van der Waals surface area contributed by atoms with Gasteiger partial charge in [0.2, 0.25) is 0 Å². The fraction of sp³-hybridized carbons (Fsp3) is 0.286. The molecule has 0 amide bonds. The Bertz CT molecular complexity index is 295. The lowest BCUT2D eigenvalue weighted by Gasteiger charge is -1.96. The van der Waals surface area contributed by atoms with Crippen molar-refractivity contribution in [3.63, 3.8) is 0 Å². The van der Waals surface area contributed by atoms with E-state index in [-0.39, 0.29) is 0 Å². The fourth-order valence-corrected chi connectivity index (χ4v) is 0.967. The summed E-state index contributed by atoms with van der Waals surface area (Å²) in [4.78, 5) is 3.86. The Balaban J connectivity index is 3.19. The topological polar surface area (TPSA) is 12.9 Å². The highest BCUT2D eigenvalue weighted by Crippen LogP contribution is 2.10. The Morgan fingerprint density at radius 1 is 1.67 bits per heavy atom. The third-order valence-electron chi connectivity index (χ3n) is 1.08. The number of rotatable bonds is 0. The Labute approximate surface area is 67.5 Å². The summed E-state index contributed by atoms with van der Waals surface area (Å²) in [7, 11) is 0. The standard InChI is InChI=1S/C7H8BrN/c1-5-3-7(8)9-4-6(5)2/h3-4H,1-2H3/i2D3. The van der Waals surface area contributed by atoms with Gasteiger partial charge in [-0.2, -0.15) is 0 Å². The highest BCUT2D eigenvalue weighted by molar-refractivity contribution is 9.10. The summed E-state index contributed by atoms with van der Waals surface area (Å²) in [6.45, 7) is -0.300. The van der Waals surface area contributed by atoms with Crippen LogP contribution in [0.1, 0.15) is 15.2 Å². The lowest BCUT2D eigenvalue weighted by Crippen LogP contribution is -1.82. The fourth-order valence-electron chi connectivity index (χ4n) is 0.522. The van der Waals surface area contributed by atoms with Gasteiger partial charge in [0.05, 0.1) is 0 Å². The van der Waals surface area contributed by atoms with Gasteiger partial charge in [-0.25, -0.2) is 4.98 Å². The Kier molecular flexibility index (Phi) is 1.02. The molecule has 0 aliphatic heterocycles. The van der Waals surface area contributed by atoms with Gasteiger partial charge in [0.15, 0.2) is 0 Å². The third kappa shape index (κ3) is 1.52. The first-order valence-electron chi connectivity index (χ1n) is 4.04. The average Bonchev–Trinajstić information content (AvgIpc) is 1.83. The molecular weight excluding hydrogens is 178 g/mol. The summed E-state index contributed by atoms with van der Waals surface area (Å²) in [5.41, 5.74) is 1.04. The Morgan fingerprint density at radius 2 is 2.44 bits per heavy atom. The molecule has 0 aromatic carbocycles. The molecule has 48 valence electrons. The molecule has 2 heteroatoms. The van der Waals surface area contributed by atoms with Crippen molar-refractivity contribution in [1.29, 1.82) is 0 Å². The summed E-state index contributed by atoms with van der Waals surface area (Å²) in [5, 5.41) is 0. The molecule has 0 bridgehead atoms. The summed E-state index contributed by atoms with van der Waals surface area (Å²) in [6.07, 6.45) is 1.38.